The molecule has 25 heavy (non-hydrogen) atoms. The summed E-state index contributed by atoms with van der Waals surface area (Å²) in [6.45, 7) is 3.72. The first-order chi connectivity index (χ1) is 12.2. The van der Waals surface area contributed by atoms with E-state index in [2.05, 4.69) is 21.7 Å². The van der Waals surface area contributed by atoms with E-state index >= 15 is 0 Å². The number of hydrogen-bond acceptors (Lipinski definition) is 5. The fraction of sp³-hybridized carbons (Fsp3) is 0.389. The van der Waals surface area contributed by atoms with E-state index < -0.39 is 0 Å². The molecular weight excluding hydrogens is 359 g/mol. The number of nitrogens with zero attached hydrogens (tertiary/aromatic N) is 1. The third-order valence-corrected chi connectivity index (χ3v) is 6.07. The summed E-state index contributed by atoms with van der Waals surface area (Å²) < 4.78 is 19.0. The standard InChI is InChI=1S/C18H21FN2O2S2/c19-14-4-1-2-5-16(14)25-13-18(22)20-12-15(17-6-3-11-24-17)21-7-9-23-10-8-21/h1-6,11,15H,7-10,12-13H2,(H,20,22). The number of thiophene rings is 1. The van der Waals surface area contributed by atoms with Gasteiger partial charge < -0.3 is 10.1 Å². The van der Waals surface area contributed by atoms with E-state index in [9.17, 15) is 9.18 Å². The minimum absolute atomic E-state index is 0.0805. The molecule has 1 atom stereocenters. The summed E-state index contributed by atoms with van der Waals surface area (Å²) in [6, 6.07) is 10.8. The van der Waals surface area contributed by atoms with E-state index in [0.717, 1.165) is 26.3 Å². The molecule has 7 heteroatoms. The highest BCUT2D eigenvalue weighted by Gasteiger charge is 2.23. The van der Waals surface area contributed by atoms with Crippen molar-refractivity contribution in [3.8, 4) is 0 Å². The number of carbonyl (C=O) groups excluding carboxylic acids is 1. The monoisotopic (exact) mass is 380 g/mol. The van der Waals surface area contributed by atoms with Crippen LogP contribution in [-0.4, -0.2) is 49.4 Å². The summed E-state index contributed by atoms with van der Waals surface area (Å²) in [7, 11) is 0. The smallest absolute Gasteiger partial charge is 0.230 e. The van der Waals surface area contributed by atoms with Gasteiger partial charge in [0.15, 0.2) is 0 Å². The van der Waals surface area contributed by atoms with Crippen molar-refractivity contribution in [3.05, 3.63) is 52.5 Å². The first kappa shape index (κ1) is 18.4. The van der Waals surface area contributed by atoms with Gasteiger partial charge in [0, 0.05) is 29.4 Å². The second-order valence-electron chi connectivity index (χ2n) is 5.70. The Hall–Kier alpha value is -1.41. The fourth-order valence-electron chi connectivity index (χ4n) is 2.75. The van der Waals surface area contributed by atoms with Crippen LogP contribution in [0.1, 0.15) is 10.9 Å². The molecule has 1 fully saturated rings. The van der Waals surface area contributed by atoms with Crippen molar-refractivity contribution in [1.29, 1.82) is 0 Å². The Kier molecular flexibility index (Phi) is 6.86. The summed E-state index contributed by atoms with van der Waals surface area (Å²) in [5.74, 6) is -0.158. The molecule has 1 aliphatic heterocycles. The SMILES string of the molecule is O=C(CSc1ccccc1F)NCC(c1cccs1)N1CCOCC1. The Balaban J connectivity index is 1.53. The van der Waals surface area contributed by atoms with Crippen LogP contribution < -0.4 is 5.32 Å². The number of thioether (sulfide) groups is 1. The summed E-state index contributed by atoms with van der Waals surface area (Å²) in [6.07, 6.45) is 0. The third kappa shape index (κ3) is 5.28. The Morgan fingerprint density at radius 2 is 2.08 bits per heavy atom. The van der Waals surface area contributed by atoms with Gasteiger partial charge in [-0.15, -0.1) is 23.1 Å². The highest BCUT2D eigenvalue weighted by molar-refractivity contribution is 8.00. The van der Waals surface area contributed by atoms with Gasteiger partial charge in [-0.05, 0) is 23.6 Å². The predicted octanol–water partition coefficient (Wildman–Crippen LogP) is 3.17. The van der Waals surface area contributed by atoms with Gasteiger partial charge in [-0.2, -0.15) is 0 Å². The van der Waals surface area contributed by atoms with Gasteiger partial charge in [0.2, 0.25) is 5.91 Å². The molecule has 3 rings (SSSR count). The minimum Gasteiger partial charge on any atom is -0.379 e. The zero-order valence-corrected chi connectivity index (χ0v) is 15.5. The van der Waals surface area contributed by atoms with Gasteiger partial charge in [-0.3, -0.25) is 9.69 Å². The van der Waals surface area contributed by atoms with Gasteiger partial charge >= 0.3 is 0 Å². The predicted molar refractivity (Wildman–Crippen MR) is 99.6 cm³/mol. The average Bonchev–Trinajstić information content (AvgIpc) is 3.16. The van der Waals surface area contributed by atoms with Crippen molar-refractivity contribution in [3.63, 3.8) is 0 Å². The molecule has 1 amide bonds. The summed E-state index contributed by atoms with van der Waals surface area (Å²) >= 11 is 2.92. The maximum absolute atomic E-state index is 13.6. The van der Waals surface area contributed by atoms with Crippen LogP contribution in [0.4, 0.5) is 4.39 Å². The molecule has 1 aromatic carbocycles. The maximum atomic E-state index is 13.6. The van der Waals surface area contributed by atoms with Crippen LogP contribution >= 0.6 is 23.1 Å². The molecule has 0 bridgehead atoms. The number of carbonyl (C=O) groups is 1. The maximum Gasteiger partial charge on any atom is 0.230 e. The molecular formula is C18H21FN2O2S2. The number of rotatable bonds is 7. The van der Waals surface area contributed by atoms with E-state index in [4.69, 9.17) is 4.74 Å². The number of amides is 1. The number of ether oxygens (including phenoxy) is 1. The summed E-state index contributed by atoms with van der Waals surface area (Å²) in [5, 5.41) is 5.05. The lowest BCUT2D eigenvalue weighted by Gasteiger charge is -2.34. The van der Waals surface area contributed by atoms with Crippen molar-refractivity contribution >= 4 is 29.0 Å². The quantitative estimate of drug-likeness (QED) is 0.749. The van der Waals surface area contributed by atoms with Crippen molar-refractivity contribution < 1.29 is 13.9 Å². The molecule has 0 radical (unpaired) electrons. The second-order valence-corrected chi connectivity index (χ2v) is 7.70. The molecule has 2 aromatic rings. The van der Waals surface area contributed by atoms with Gasteiger partial charge in [-0.1, -0.05) is 18.2 Å². The van der Waals surface area contributed by atoms with E-state index in [0.29, 0.717) is 11.4 Å². The fourth-order valence-corrected chi connectivity index (χ4v) is 4.38. The van der Waals surface area contributed by atoms with E-state index in [-0.39, 0.29) is 23.5 Å². The highest BCUT2D eigenvalue weighted by Crippen LogP contribution is 2.25. The molecule has 1 unspecified atom stereocenters. The normalized spacial score (nSPS) is 16.5. The average molecular weight is 381 g/mol. The molecule has 0 saturated carbocycles. The summed E-state index contributed by atoms with van der Waals surface area (Å²) in [5.41, 5.74) is 0. The Morgan fingerprint density at radius 3 is 2.80 bits per heavy atom. The van der Waals surface area contributed by atoms with Crippen LogP contribution in [0, 0.1) is 5.82 Å². The van der Waals surface area contributed by atoms with Crippen molar-refractivity contribution in [1.82, 2.24) is 10.2 Å². The molecule has 2 heterocycles. The lowest BCUT2D eigenvalue weighted by atomic mass is 10.2. The minimum atomic E-state index is -0.287. The van der Waals surface area contributed by atoms with Gasteiger partial charge in [0.1, 0.15) is 5.82 Å². The van der Waals surface area contributed by atoms with Crippen LogP contribution in [0.15, 0.2) is 46.7 Å². The van der Waals surface area contributed by atoms with Crippen molar-refractivity contribution in [2.45, 2.75) is 10.9 Å². The first-order valence-electron chi connectivity index (χ1n) is 8.23. The van der Waals surface area contributed by atoms with Crippen LogP contribution in [0.25, 0.3) is 0 Å². The van der Waals surface area contributed by atoms with E-state index in [1.54, 1.807) is 29.5 Å². The number of benzene rings is 1. The highest BCUT2D eigenvalue weighted by atomic mass is 32.2. The lowest BCUT2D eigenvalue weighted by Crippen LogP contribution is -2.43. The van der Waals surface area contributed by atoms with Crippen molar-refractivity contribution in [2.24, 2.45) is 0 Å². The molecule has 4 nitrogen and oxygen atoms in total. The number of hydrogen-bond donors (Lipinski definition) is 1. The lowest BCUT2D eigenvalue weighted by molar-refractivity contribution is -0.118. The van der Waals surface area contributed by atoms with E-state index in [1.165, 1.54) is 22.7 Å². The topological polar surface area (TPSA) is 41.6 Å². The molecule has 0 spiro atoms. The Labute approximate surface area is 155 Å². The Morgan fingerprint density at radius 1 is 1.28 bits per heavy atom. The molecule has 134 valence electrons. The van der Waals surface area contributed by atoms with Crippen LogP contribution in [0.3, 0.4) is 0 Å². The molecule has 1 saturated heterocycles. The van der Waals surface area contributed by atoms with Crippen LogP contribution in [-0.2, 0) is 9.53 Å². The van der Waals surface area contributed by atoms with Crippen LogP contribution in [0.5, 0.6) is 0 Å². The molecule has 0 aliphatic carbocycles. The number of nitrogens with one attached hydrogen (secondary N) is 1. The largest absolute Gasteiger partial charge is 0.379 e. The molecule has 1 aromatic heterocycles. The number of halogens is 1. The third-order valence-electron chi connectivity index (χ3n) is 4.05. The summed E-state index contributed by atoms with van der Waals surface area (Å²) in [4.78, 5) is 16.3. The van der Waals surface area contributed by atoms with E-state index in [1.807, 2.05) is 6.07 Å². The Bertz CT molecular complexity index is 675. The first-order valence-corrected chi connectivity index (χ1v) is 10.1. The van der Waals surface area contributed by atoms with Crippen molar-refractivity contribution in [2.75, 3.05) is 38.6 Å². The number of morpholine rings is 1. The van der Waals surface area contributed by atoms with Gasteiger partial charge in [0.25, 0.3) is 0 Å². The second kappa shape index (κ2) is 9.33. The molecule has 1 aliphatic rings. The van der Waals surface area contributed by atoms with Gasteiger partial charge in [0.05, 0.1) is 25.0 Å². The molecule has 1 N–H and O–H groups in total. The van der Waals surface area contributed by atoms with Gasteiger partial charge in [-0.25, -0.2) is 4.39 Å². The van der Waals surface area contributed by atoms with Crippen LogP contribution in [0.2, 0.25) is 0 Å². The zero-order valence-electron chi connectivity index (χ0n) is 13.8. The zero-order chi connectivity index (χ0) is 17.5.